The van der Waals surface area contributed by atoms with E-state index in [1.807, 2.05) is 13.8 Å². The van der Waals surface area contributed by atoms with Gasteiger partial charge in [-0.1, -0.05) is 20.8 Å². The summed E-state index contributed by atoms with van der Waals surface area (Å²) in [7, 11) is 0. The van der Waals surface area contributed by atoms with Crippen LogP contribution in [0.3, 0.4) is 0 Å². The van der Waals surface area contributed by atoms with Crippen LogP contribution in [0, 0.1) is 46.3 Å². The minimum Gasteiger partial charge on any atom is -0.393 e. The lowest BCUT2D eigenvalue weighted by Gasteiger charge is -2.63. The standard InChI is InChI=1S/C26H46O4/c1-15(8-10-24(2,3)30)18-6-7-19-23-20(14-22(29)26(18,19)5)25(4)11-9-17(27)12-16(25)13-21(23)28/h15-23,27-30H,6-14H2,1-5H3/t15-,16-,17+,18+,19-,20-,21-,22-,23-,25+,26-/m1/s1. The molecular weight excluding hydrogens is 376 g/mol. The Kier molecular flexibility index (Phi) is 5.92. The van der Waals surface area contributed by atoms with Crippen LogP contribution in [-0.2, 0) is 0 Å². The van der Waals surface area contributed by atoms with Gasteiger partial charge in [0.2, 0.25) is 0 Å². The second-order valence-corrected chi connectivity index (χ2v) is 12.9. The first-order valence-electron chi connectivity index (χ1n) is 12.6. The monoisotopic (exact) mass is 422 g/mol. The predicted molar refractivity (Wildman–Crippen MR) is 119 cm³/mol. The summed E-state index contributed by atoms with van der Waals surface area (Å²) in [6.45, 7) is 10.8. The molecule has 0 radical (unpaired) electrons. The highest BCUT2D eigenvalue weighted by atomic mass is 16.3. The lowest BCUT2D eigenvalue weighted by molar-refractivity contribution is -0.207. The average Bonchev–Trinajstić information content (AvgIpc) is 3.00. The Morgan fingerprint density at radius 1 is 0.967 bits per heavy atom. The van der Waals surface area contributed by atoms with Gasteiger partial charge in [0.25, 0.3) is 0 Å². The molecule has 30 heavy (non-hydrogen) atoms. The fraction of sp³-hybridized carbons (Fsp3) is 1.00. The van der Waals surface area contributed by atoms with Gasteiger partial charge in [0.15, 0.2) is 0 Å². The van der Waals surface area contributed by atoms with E-state index >= 15 is 0 Å². The largest absolute Gasteiger partial charge is 0.393 e. The molecule has 4 saturated carbocycles. The van der Waals surface area contributed by atoms with Crippen molar-refractivity contribution in [1.82, 2.24) is 0 Å². The molecule has 4 aliphatic rings. The molecule has 0 amide bonds. The number of aliphatic hydroxyl groups is 4. The van der Waals surface area contributed by atoms with Gasteiger partial charge in [-0.3, -0.25) is 0 Å². The molecular formula is C26H46O4. The number of hydrogen-bond acceptors (Lipinski definition) is 4. The molecule has 0 heterocycles. The number of rotatable bonds is 4. The summed E-state index contributed by atoms with van der Waals surface area (Å²) in [5, 5.41) is 43.4. The van der Waals surface area contributed by atoms with Crippen LogP contribution in [-0.4, -0.2) is 44.3 Å². The van der Waals surface area contributed by atoms with E-state index in [1.165, 1.54) is 0 Å². The molecule has 174 valence electrons. The lowest BCUT2D eigenvalue weighted by Crippen LogP contribution is -2.62. The number of fused-ring (bicyclic) bond motifs is 5. The van der Waals surface area contributed by atoms with Crippen LogP contribution in [0.15, 0.2) is 0 Å². The number of aliphatic hydroxyl groups excluding tert-OH is 3. The maximum atomic E-state index is 11.6. The molecule has 0 spiro atoms. The fourth-order valence-corrected chi connectivity index (χ4v) is 8.91. The Labute approximate surface area is 183 Å². The van der Waals surface area contributed by atoms with Crippen molar-refractivity contribution in [2.75, 3.05) is 0 Å². The third-order valence-electron chi connectivity index (χ3n) is 10.7. The highest BCUT2D eigenvalue weighted by Gasteiger charge is 2.65. The third kappa shape index (κ3) is 3.58. The molecule has 0 bridgehead atoms. The zero-order valence-corrected chi connectivity index (χ0v) is 19.8. The Bertz CT molecular complexity index is 629. The van der Waals surface area contributed by atoms with Crippen LogP contribution in [0.4, 0.5) is 0 Å². The SMILES string of the molecule is C[C@H](CCC(C)(C)O)[C@@H]1CC[C@@H]2[C@H]3[C@H](O)C[C@H]4C[C@@H](O)CC[C@]4(C)[C@@H]3C[C@@H](O)[C@@]21C. The van der Waals surface area contributed by atoms with E-state index in [2.05, 4.69) is 20.8 Å². The summed E-state index contributed by atoms with van der Waals surface area (Å²) in [5.74, 6) is 2.30. The molecule has 11 atom stereocenters. The van der Waals surface area contributed by atoms with Crippen LogP contribution in [0.1, 0.15) is 92.4 Å². The fourth-order valence-electron chi connectivity index (χ4n) is 8.91. The summed E-state index contributed by atoms with van der Waals surface area (Å²) >= 11 is 0. The summed E-state index contributed by atoms with van der Waals surface area (Å²) in [6, 6.07) is 0. The van der Waals surface area contributed by atoms with Gasteiger partial charge < -0.3 is 20.4 Å². The van der Waals surface area contributed by atoms with Crippen molar-refractivity contribution in [2.24, 2.45) is 46.3 Å². The Morgan fingerprint density at radius 2 is 1.67 bits per heavy atom. The number of hydrogen-bond donors (Lipinski definition) is 4. The van der Waals surface area contributed by atoms with Gasteiger partial charge in [0.05, 0.1) is 23.9 Å². The highest BCUT2D eigenvalue weighted by Crippen LogP contribution is 2.68. The smallest absolute Gasteiger partial charge is 0.0602 e. The summed E-state index contributed by atoms with van der Waals surface area (Å²) < 4.78 is 0. The van der Waals surface area contributed by atoms with E-state index in [0.717, 1.165) is 57.8 Å². The molecule has 4 heteroatoms. The minimum atomic E-state index is -0.641. The van der Waals surface area contributed by atoms with Crippen LogP contribution in [0.5, 0.6) is 0 Å². The van der Waals surface area contributed by atoms with E-state index in [1.54, 1.807) is 0 Å². The minimum absolute atomic E-state index is 0.135. The van der Waals surface area contributed by atoms with Crippen molar-refractivity contribution in [1.29, 1.82) is 0 Å². The van der Waals surface area contributed by atoms with Crippen LogP contribution in [0.25, 0.3) is 0 Å². The van der Waals surface area contributed by atoms with Crippen molar-refractivity contribution < 1.29 is 20.4 Å². The second kappa shape index (κ2) is 7.71. The Balaban J connectivity index is 1.59. The average molecular weight is 423 g/mol. The summed E-state index contributed by atoms with van der Waals surface area (Å²) in [4.78, 5) is 0. The maximum absolute atomic E-state index is 11.6. The van der Waals surface area contributed by atoms with Gasteiger partial charge in [-0.15, -0.1) is 0 Å². The molecule has 4 aliphatic carbocycles. The van der Waals surface area contributed by atoms with E-state index in [9.17, 15) is 20.4 Å². The van der Waals surface area contributed by atoms with Crippen LogP contribution < -0.4 is 0 Å². The van der Waals surface area contributed by atoms with Crippen molar-refractivity contribution in [2.45, 2.75) is 116 Å². The van der Waals surface area contributed by atoms with Gasteiger partial charge in [-0.05, 0) is 118 Å². The molecule has 0 unspecified atom stereocenters. The first-order chi connectivity index (χ1) is 13.9. The van der Waals surface area contributed by atoms with E-state index in [4.69, 9.17) is 0 Å². The topological polar surface area (TPSA) is 80.9 Å². The third-order valence-corrected chi connectivity index (χ3v) is 10.7. The van der Waals surface area contributed by atoms with Gasteiger partial charge in [-0.25, -0.2) is 0 Å². The van der Waals surface area contributed by atoms with Crippen molar-refractivity contribution >= 4 is 0 Å². The van der Waals surface area contributed by atoms with Gasteiger partial charge in [0.1, 0.15) is 0 Å². The molecule has 4 nitrogen and oxygen atoms in total. The molecule has 4 rings (SSSR count). The summed E-state index contributed by atoms with van der Waals surface area (Å²) in [6.07, 6.45) is 7.46. The molecule has 4 fully saturated rings. The molecule has 0 aromatic carbocycles. The maximum Gasteiger partial charge on any atom is 0.0602 e. The van der Waals surface area contributed by atoms with Crippen molar-refractivity contribution in [3.63, 3.8) is 0 Å². The van der Waals surface area contributed by atoms with Crippen LogP contribution in [0.2, 0.25) is 0 Å². The normalized spacial score (nSPS) is 52.3. The Hall–Kier alpha value is -0.160. The predicted octanol–water partition coefficient (Wildman–Crippen LogP) is 4.14. The summed E-state index contributed by atoms with van der Waals surface area (Å²) in [5.41, 5.74) is -0.646. The molecule has 4 N–H and O–H groups in total. The van der Waals surface area contributed by atoms with Gasteiger partial charge >= 0.3 is 0 Å². The molecule has 0 aliphatic heterocycles. The van der Waals surface area contributed by atoms with Crippen LogP contribution >= 0.6 is 0 Å². The van der Waals surface area contributed by atoms with E-state index in [0.29, 0.717) is 29.6 Å². The second-order valence-electron chi connectivity index (χ2n) is 12.9. The lowest BCUT2D eigenvalue weighted by atomic mass is 9.43. The zero-order chi connectivity index (χ0) is 22.1. The molecule has 0 saturated heterocycles. The van der Waals surface area contributed by atoms with Crippen molar-refractivity contribution in [3.05, 3.63) is 0 Å². The first-order valence-corrected chi connectivity index (χ1v) is 12.6. The van der Waals surface area contributed by atoms with Gasteiger partial charge in [-0.2, -0.15) is 0 Å². The quantitative estimate of drug-likeness (QED) is 0.549. The van der Waals surface area contributed by atoms with Gasteiger partial charge in [0, 0.05) is 0 Å². The Morgan fingerprint density at radius 3 is 2.33 bits per heavy atom. The van der Waals surface area contributed by atoms with E-state index in [-0.39, 0.29) is 35.1 Å². The molecule has 0 aromatic rings. The first kappa shape index (κ1) is 23.0. The van der Waals surface area contributed by atoms with Crippen molar-refractivity contribution in [3.8, 4) is 0 Å². The highest BCUT2D eigenvalue weighted by molar-refractivity contribution is 5.14. The molecule has 0 aromatic heterocycles. The van der Waals surface area contributed by atoms with E-state index < -0.39 is 5.60 Å². The zero-order valence-electron chi connectivity index (χ0n) is 19.8.